The number of phenolic OH excluding ortho intramolecular Hbond substituents is 1. The highest BCUT2D eigenvalue weighted by atomic mass is 79.9. The van der Waals surface area contributed by atoms with E-state index in [-0.39, 0.29) is 11.6 Å². The van der Waals surface area contributed by atoms with E-state index in [0.29, 0.717) is 10.2 Å². The lowest BCUT2D eigenvalue weighted by molar-refractivity contribution is 0.423. The first-order valence-electron chi connectivity index (χ1n) is 5.83. The Morgan fingerprint density at radius 1 is 1.05 bits per heavy atom. The molecule has 2 aromatic carbocycles. The van der Waals surface area contributed by atoms with Crippen LogP contribution in [0, 0.1) is 5.82 Å². The highest BCUT2D eigenvalue weighted by Crippen LogP contribution is 2.28. The van der Waals surface area contributed by atoms with Crippen LogP contribution < -0.4 is 4.74 Å². The van der Waals surface area contributed by atoms with Gasteiger partial charge in [-0.3, -0.25) is 0 Å². The van der Waals surface area contributed by atoms with Crippen molar-refractivity contribution < 1.29 is 14.2 Å². The Balaban J connectivity index is 1.98. The van der Waals surface area contributed by atoms with Gasteiger partial charge in [0.15, 0.2) is 5.82 Å². The predicted octanol–water partition coefficient (Wildman–Crippen LogP) is 4.63. The molecule has 0 bridgehead atoms. The van der Waals surface area contributed by atoms with E-state index in [1.165, 1.54) is 12.3 Å². The van der Waals surface area contributed by atoms with Crippen LogP contribution in [-0.2, 0) is 0 Å². The number of aromatic nitrogens is 1. The molecule has 0 spiro atoms. The van der Waals surface area contributed by atoms with Crippen molar-refractivity contribution in [1.29, 1.82) is 0 Å². The maximum atomic E-state index is 13.7. The number of nitrogens with zero attached hydrogens (tertiary/aromatic N) is 1. The first-order chi connectivity index (χ1) is 9.61. The summed E-state index contributed by atoms with van der Waals surface area (Å²) in [5, 5.41) is 11.2. The van der Waals surface area contributed by atoms with E-state index in [9.17, 15) is 9.50 Å². The monoisotopic (exact) mass is 333 g/mol. The largest absolute Gasteiger partial charge is 0.508 e. The molecule has 0 amide bonds. The lowest BCUT2D eigenvalue weighted by atomic mass is 10.1. The van der Waals surface area contributed by atoms with Gasteiger partial charge in [0.2, 0.25) is 0 Å². The van der Waals surface area contributed by atoms with E-state index in [1.807, 2.05) is 6.07 Å². The molecule has 0 radical (unpaired) electrons. The number of ether oxygens (including phenoxy) is 1. The fraction of sp³-hybridized carbons (Fsp3) is 0. The summed E-state index contributed by atoms with van der Waals surface area (Å²) in [4.78, 5) is 3.88. The maximum absolute atomic E-state index is 13.7. The lowest BCUT2D eigenvalue weighted by Gasteiger charge is -2.07. The van der Waals surface area contributed by atoms with E-state index < -0.39 is 5.82 Å². The molecule has 1 heterocycles. The van der Waals surface area contributed by atoms with Crippen LogP contribution in [-0.4, -0.2) is 10.1 Å². The molecule has 3 aromatic rings. The predicted molar refractivity (Wildman–Crippen MR) is 77.6 cm³/mol. The zero-order valence-electron chi connectivity index (χ0n) is 10.2. The number of hydrogen-bond donors (Lipinski definition) is 1. The highest BCUT2D eigenvalue weighted by molar-refractivity contribution is 9.10. The number of phenols is 1. The Morgan fingerprint density at radius 2 is 1.85 bits per heavy atom. The first-order valence-corrected chi connectivity index (χ1v) is 6.63. The minimum Gasteiger partial charge on any atom is -0.508 e. The van der Waals surface area contributed by atoms with Gasteiger partial charge >= 0.3 is 0 Å². The molecule has 0 unspecified atom stereocenters. The number of halogens is 2. The Morgan fingerprint density at radius 3 is 2.65 bits per heavy atom. The molecule has 100 valence electrons. The quantitative estimate of drug-likeness (QED) is 0.743. The van der Waals surface area contributed by atoms with Crippen LogP contribution >= 0.6 is 15.9 Å². The summed E-state index contributed by atoms with van der Waals surface area (Å²) in [6.07, 6.45) is 1.46. The summed E-state index contributed by atoms with van der Waals surface area (Å²) in [6, 6.07) is 11.6. The van der Waals surface area contributed by atoms with Gasteiger partial charge in [0.05, 0.1) is 0 Å². The van der Waals surface area contributed by atoms with Gasteiger partial charge in [-0.05, 0) is 57.0 Å². The van der Waals surface area contributed by atoms with Crippen molar-refractivity contribution in [3.05, 3.63) is 59.0 Å². The summed E-state index contributed by atoms with van der Waals surface area (Å²) in [6.45, 7) is 0. The van der Waals surface area contributed by atoms with Crippen LogP contribution in [0.3, 0.4) is 0 Å². The van der Waals surface area contributed by atoms with Crippen LogP contribution in [0.4, 0.5) is 4.39 Å². The summed E-state index contributed by atoms with van der Waals surface area (Å²) >= 11 is 3.14. The third-order valence-corrected chi connectivity index (χ3v) is 3.22. The Labute approximate surface area is 122 Å². The van der Waals surface area contributed by atoms with E-state index in [4.69, 9.17) is 4.74 Å². The van der Waals surface area contributed by atoms with Gasteiger partial charge in [-0.2, -0.15) is 0 Å². The number of pyridine rings is 1. The van der Waals surface area contributed by atoms with Gasteiger partial charge in [0.1, 0.15) is 11.5 Å². The molecule has 1 N–H and O–H groups in total. The molecule has 1 aromatic heterocycles. The van der Waals surface area contributed by atoms with Crippen LogP contribution in [0.2, 0.25) is 0 Å². The molecule has 0 fully saturated rings. The number of rotatable bonds is 2. The van der Waals surface area contributed by atoms with Gasteiger partial charge in [0.25, 0.3) is 5.88 Å². The Kier molecular flexibility index (Phi) is 3.28. The molecule has 0 aliphatic carbocycles. The second kappa shape index (κ2) is 5.09. The minimum absolute atomic E-state index is 0.0901. The second-order valence-corrected chi connectivity index (χ2v) is 5.15. The second-order valence-electron chi connectivity index (χ2n) is 4.24. The van der Waals surface area contributed by atoms with E-state index >= 15 is 0 Å². The van der Waals surface area contributed by atoms with Crippen molar-refractivity contribution >= 4 is 26.7 Å². The normalized spacial score (nSPS) is 10.7. The molecule has 5 heteroatoms. The zero-order chi connectivity index (χ0) is 14.1. The number of aromatic hydroxyl groups is 1. The third kappa shape index (κ3) is 2.58. The van der Waals surface area contributed by atoms with Crippen molar-refractivity contribution in [2.24, 2.45) is 0 Å². The summed E-state index contributed by atoms with van der Waals surface area (Å²) in [5.74, 6) is -0.0116. The summed E-state index contributed by atoms with van der Waals surface area (Å²) < 4.78 is 19.6. The molecule has 0 atom stereocenters. The zero-order valence-corrected chi connectivity index (χ0v) is 11.8. The standard InChI is InChI=1S/C15H9BrFNO2/c16-11-7-14(17)15(18-8-11)20-13-4-2-9-1-3-12(19)5-10(9)6-13/h1-8,19H. The minimum atomic E-state index is -0.546. The molecule has 0 aliphatic rings. The molecule has 20 heavy (non-hydrogen) atoms. The number of benzene rings is 2. The van der Waals surface area contributed by atoms with Crippen LogP contribution in [0.5, 0.6) is 17.4 Å². The summed E-state index contributed by atoms with van der Waals surface area (Å²) in [5.41, 5.74) is 0. The fourth-order valence-corrected chi connectivity index (χ4v) is 2.17. The van der Waals surface area contributed by atoms with Crippen LogP contribution in [0.1, 0.15) is 0 Å². The van der Waals surface area contributed by atoms with Crippen molar-refractivity contribution in [3.63, 3.8) is 0 Å². The SMILES string of the molecule is Oc1ccc2ccc(Oc3ncc(Br)cc3F)cc2c1. The molecule has 0 aliphatic heterocycles. The fourth-order valence-electron chi connectivity index (χ4n) is 1.86. The van der Waals surface area contributed by atoms with Gasteiger partial charge in [-0.1, -0.05) is 12.1 Å². The van der Waals surface area contributed by atoms with Crippen molar-refractivity contribution in [3.8, 4) is 17.4 Å². The number of fused-ring (bicyclic) bond motifs is 1. The molecule has 0 saturated carbocycles. The van der Waals surface area contributed by atoms with Gasteiger partial charge in [-0.15, -0.1) is 0 Å². The number of hydrogen-bond acceptors (Lipinski definition) is 3. The molecule has 0 saturated heterocycles. The van der Waals surface area contributed by atoms with Gasteiger partial charge < -0.3 is 9.84 Å². The smallest absolute Gasteiger partial charge is 0.255 e. The van der Waals surface area contributed by atoms with Gasteiger partial charge in [0, 0.05) is 10.7 Å². The average Bonchev–Trinajstić information content (AvgIpc) is 2.41. The van der Waals surface area contributed by atoms with Gasteiger partial charge in [-0.25, -0.2) is 9.37 Å². The van der Waals surface area contributed by atoms with Crippen LogP contribution in [0.25, 0.3) is 10.8 Å². The topological polar surface area (TPSA) is 42.4 Å². The Bertz CT molecular complexity index is 792. The molecular weight excluding hydrogens is 325 g/mol. The van der Waals surface area contributed by atoms with Crippen molar-refractivity contribution in [1.82, 2.24) is 4.98 Å². The van der Waals surface area contributed by atoms with E-state index in [2.05, 4.69) is 20.9 Å². The average molecular weight is 334 g/mol. The van der Waals surface area contributed by atoms with Crippen LogP contribution in [0.15, 0.2) is 53.1 Å². The third-order valence-electron chi connectivity index (χ3n) is 2.78. The molecule has 3 nitrogen and oxygen atoms in total. The lowest BCUT2D eigenvalue weighted by Crippen LogP contribution is -1.91. The van der Waals surface area contributed by atoms with Crippen molar-refractivity contribution in [2.45, 2.75) is 0 Å². The van der Waals surface area contributed by atoms with E-state index in [1.54, 1.807) is 30.3 Å². The maximum Gasteiger partial charge on any atom is 0.255 e. The molecular formula is C15H9BrFNO2. The molecule has 3 rings (SSSR count). The van der Waals surface area contributed by atoms with E-state index in [0.717, 1.165) is 10.8 Å². The Hall–Kier alpha value is -2.14. The first kappa shape index (κ1) is 12.9. The summed E-state index contributed by atoms with van der Waals surface area (Å²) in [7, 11) is 0. The van der Waals surface area contributed by atoms with Crippen molar-refractivity contribution in [2.75, 3.05) is 0 Å². The highest BCUT2D eigenvalue weighted by Gasteiger charge is 2.07.